The molecule has 2 aromatic rings. The second-order valence-electron chi connectivity index (χ2n) is 3.47. The molecule has 0 aliphatic heterocycles. The Hall–Kier alpha value is -1.35. The van der Waals surface area contributed by atoms with Crippen LogP contribution >= 0.6 is 11.6 Å². The van der Waals surface area contributed by atoms with E-state index in [0.29, 0.717) is 11.6 Å². The first-order valence-electron chi connectivity index (χ1n) is 4.77. The fourth-order valence-corrected chi connectivity index (χ4v) is 1.91. The van der Waals surface area contributed by atoms with Crippen molar-refractivity contribution >= 4 is 28.8 Å². The number of hydrogen-bond donors (Lipinski definition) is 0. The molecule has 0 amide bonds. The average Bonchev–Trinajstić information content (AvgIpc) is 2.52. The van der Waals surface area contributed by atoms with Crippen LogP contribution in [0.4, 0.5) is 0 Å². The molecule has 2 rings (SSSR count). The zero-order chi connectivity index (χ0) is 10.8. The van der Waals surface area contributed by atoms with Crippen molar-refractivity contribution in [3.8, 4) is 0 Å². The summed E-state index contributed by atoms with van der Waals surface area (Å²) in [5.41, 5.74) is 2.14. The summed E-state index contributed by atoms with van der Waals surface area (Å²) in [6.07, 6.45) is 2.25. The molecule has 0 atom stereocenters. The number of halogens is 1. The van der Waals surface area contributed by atoms with Gasteiger partial charge in [-0.3, -0.25) is 4.68 Å². The number of rotatable bonds is 3. The molecule has 15 heavy (non-hydrogen) atoms. The molecule has 0 aliphatic carbocycles. The molecule has 78 valence electrons. The van der Waals surface area contributed by atoms with E-state index in [1.807, 2.05) is 25.2 Å². The molecular weight excluding hydrogens is 212 g/mol. The fraction of sp³-hybridized carbons (Fsp3) is 0.273. The first-order chi connectivity index (χ1) is 7.22. The van der Waals surface area contributed by atoms with Gasteiger partial charge in [0.25, 0.3) is 0 Å². The van der Waals surface area contributed by atoms with Gasteiger partial charge in [-0.1, -0.05) is 17.7 Å². The summed E-state index contributed by atoms with van der Waals surface area (Å²) in [4.78, 5) is 10.3. The van der Waals surface area contributed by atoms with Gasteiger partial charge in [0.15, 0.2) is 5.15 Å². The lowest BCUT2D eigenvalue weighted by Gasteiger charge is -1.99. The molecular formula is C11H11ClN2O. The van der Waals surface area contributed by atoms with Crippen molar-refractivity contribution in [2.24, 2.45) is 7.05 Å². The van der Waals surface area contributed by atoms with Crippen molar-refractivity contribution in [2.75, 3.05) is 0 Å². The van der Waals surface area contributed by atoms with Crippen LogP contribution in [0.2, 0.25) is 5.15 Å². The minimum atomic E-state index is 0.523. The Labute approximate surface area is 92.6 Å². The van der Waals surface area contributed by atoms with E-state index in [1.165, 1.54) is 0 Å². The third-order valence-electron chi connectivity index (χ3n) is 2.42. The van der Waals surface area contributed by atoms with E-state index in [4.69, 9.17) is 11.6 Å². The van der Waals surface area contributed by atoms with Crippen LogP contribution in [-0.2, 0) is 18.3 Å². The lowest BCUT2D eigenvalue weighted by Crippen LogP contribution is -1.91. The van der Waals surface area contributed by atoms with Gasteiger partial charge in [-0.25, -0.2) is 0 Å². The molecule has 0 N–H and O–H groups in total. The summed E-state index contributed by atoms with van der Waals surface area (Å²) < 4.78 is 1.75. The minimum Gasteiger partial charge on any atom is -0.303 e. The van der Waals surface area contributed by atoms with E-state index in [-0.39, 0.29) is 0 Å². The van der Waals surface area contributed by atoms with Gasteiger partial charge < -0.3 is 4.79 Å². The molecule has 1 aromatic carbocycles. The van der Waals surface area contributed by atoms with Gasteiger partial charge in [-0.2, -0.15) is 5.10 Å². The number of carbonyl (C=O) groups is 1. The number of carbonyl (C=O) groups excluding carboxylic acids is 1. The highest BCUT2D eigenvalue weighted by molar-refractivity contribution is 6.34. The van der Waals surface area contributed by atoms with Crippen LogP contribution < -0.4 is 0 Å². The van der Waals surface area contributed by atoms with Crippen molar-refractivity contribution < 1.29 is 4.79 Å². The third-order valence-corrected chi connectivity index (χ3v) is 2.70. The number of nitrogens with zero attached hydrogens (tertiary/aromatic N) is 2. The number of fused-ring (bicyclic) bond motifs is 1. The van der Waals surface area contributed by atoms with E-state index >= 15 is 0 Å². The minimum absolute atomic E-state index is 0.523. The zero-order valence-corrected chi connectivity index (χ0v) is 9.16. The summed E-state index contributed by atoms with van der Waals surface area (Å²) in [7, 11) is 1.86. The monoisotopic (exact) mass is 222 g/mol. The largest absolute Gasteiger partial charge is 0.303 e. The second kappa shape index (κ2) is 4.03. The number of aromatic nitrogens is 2. The molecule has 0 saturated heterocycles. The van der Waals surface area contributed by atoms with Crippen LogP contribution in [0, 0.1) is 0 Å². The highest BCUT2D eigenvalue weighted by Crippen LogP contribution is 2.23. The Morgan fingerprint density at radius 2 is 2.33 bits per heavy atom. The van der Waals surface area contributed by atoms with Crippen LogP contribution in [0.5, 0.6) is 0 Å². The van der Waals surface area contributed by atoms with Crippen LogP contribution in [0.3, 0.4) is 0 Å². The van der Waals surface area contributed by atoms with Crippen LogP contribution in [-0.4, -0.2) is 16.1 Å². The highest BCUT2D eigenvalue weighted by atomic mass is 35.5. The van der Waals surface area contributed by atoms with E-state index < -0.39 is 0 Å². The highest BCUT2D eigenvalue weighted by Gasteiger charge is 2.06. The number of hydrogen-bond acceptors (Lipinski definition) is 2. The van der Waals surface area contributed by atoms with E-state index in [0.717, 1.165) is 29.2 Å². The molecule has 0 unspecified atom stereocenters. The fourth-order valence-electron chi connectivity index (χ4n) is 1.64. The van der Waals surface area contributed by atoms with Gasteiger partial charge in [-0.15, -0.1) is 0 Å². The van der Waals surface area contributed by atoms with Crippen molar-refractivity contribution in [1.29, 1.82) is 0 Å². The maximum absolute atomic E-state index is 10.3. The summed E-state index contributed by atoms with van der Waals surface area (Å²) in [5, 5.41) is 5.60. The summed E-state index contributed by atoms with van der Waals surface area (Å²) in [5.74, 6) is 0. The first kappa shape index (κ1) is 10.2. The van der Waals surface area contributed by atoms with Crippen LogP contribution in [0.25, 0.3) is 10.9 Å². The predicted molar refractivity (Wildman–Crippen MR) is 60.1 cm³/mol. The summed E-state index contributed by atoms with van der Waals surface area (Å²) >= 11 is 5.95. The Morgan fingerprint density at radius 3 is 3.07 bits per heavy atom. The normalized spacial score (nSPS) is 10.8. The Bertz CT molecular complexity index is 505. The molecule has 0 radical (unpaired) electrons. The Kier molecular flexibility index (Phi) is 2.73. The maximum Gasteiger partial charge on any atom is 0.158 e. The topological polar surface area (TPSA) is 34.9 Å². The Morgan fingerprint density at radius 1 is 1.53 bits per heavy atom. The number of aldehydes is 1. The van der Waals surface area contributed by atoms with Gasteiger partial charge in [0, 0.05) is 18.9 Å². The molecule has 3 nitrogen and oxygen atoms in total. The first-order valence-corrected chi connectivity index (χ1v) is 5.15. The number of benzene rings is 1. The zero-order valence-electron chi connectivity index (χ0n) is 8.40. The molecule has 0 fully saturated rings. The molecule has 0 saturated carbocycles. The maximum atomic E-state index is 10.3. The predicted octanol–water partition coefficient (Wildman–Crippen LogP) is 2.36. The summed E-state index contributed by atoms with van der Waals surface area (Å²) in [6.45, 7) is 0. The molecule has 1 heterocycles. The van der Waals surface area contributed by atoms with Crippen LogP contribution in [0.15, 0.2) is 18.2 Å². The van der Waals surface area contributed by atoms with Crippen molar-refractivity contribution in [3.05, 3.63) is 28.9 Å². The third kappa shape index (κ3) is 1.88. The molecule has 4 heteroatoms. The standard InChI is InChI=1S/C11H11ClN2O/c1-14-10-7-8(3-2-6-15)4-5-9(10)11(12)13-14/h4-7H,2-3H2,1H3. The number of aryl methyl sites for hydroxylation is 2. The molecule has 1 aromatic heterocycles. The van der Waals surface area contributed by atoms with Crippen molar-refractivity contribution in [2.45, 2.75) is 12.8 Å². The molecule has 0 aliphatic rings. The van der Waals surface area contributed by atoms with Gasteiger partial charge in [0.1, 0.15) is 6.29 Å². The SMILES string of the molecule is Cn1nc(Cl)c2ccc(CCC=O)cc21. The summed E-state index contributed by atoms with van der Waals surface area (Å²) in [6, 6.07) is 5.96. The van der Waals surface area contributed by atoms with E-state index in [1.54, 1.807) is 4.68 Å². The second-order valence-corrected chi connectivity index (χ2v) is 3.83. The molecule has 0 spiro atoms. The molecule has 0 bridgehead atoms. The van der Waals surface area contributed by atoms with E-state index in [9.17, 15) is 4.79 Å². The van der Waals surface area contributed by atoms with Gasteiger partial charge in [0.2, 0.25) is 0 Å². The quantitative estimate of drug-likeness (QED) is 0.748. The average molecular weight is 223 g/mol. The smallest absolute Gasteiger partial charge is 0.158 e. The van der Waals surface area contributed by atoms with E-state index in [2.05, 4.69) is 5.10 Å². The van der Waals surface area contributed by atoms with Gasteiger partial charge in [-0.05, 0) is 24.1 Å². The lowest BCUT2D eigenvalue weighted by molar-refractivity contribution is -0.107. The van der Waals surface area contributed by atoms with Crippen LogP contribution in [0.1, 0.15) is 12.0 Å². The van der Waals surface area contributed by atoms with Gasteiger partial charge in [0.05, 0.1) is 5.52 Å². The van der Waals surface area contributed by atoms with Crippen molar-refractivity contribution in [3.63, 3.8) is 0 Å². The Balaban J connectivity index is 2.45. The lowest BCUT2D eigenvalue weighted by atomic mass is 10.1. The van der Waals surface area contributed by atoms with Gasteiger partial charge >= 0.3 is 0 Å². The van der Waals surface area contributed by atoms with Crippen molar-refractivity contribution in [1.82, 2.24) is 9.78 Å².